The summed E-state index contributed by atoms with van der Waals surface area (Å²) in [4.78, 5) is 16.4. The number of nitrogens with zero attached hydrogens (tertiary/aromatic N) is 2. The van der Waals surface area contributed by atoms with Crippen LogP contribution in [0.15, 0.2) is 54.6 Å². The first-order valence-corrected chi connectivity index (χ1v) is 7.07. The first-order chi connectivity index (χ1) is 9.75. The fourth-order valence-electron chi connectivity index (χ4n) is 1.91. The minimum atomic E-state index is -0.417. The standard InChI is InChI=1S/C15H11IN2O2/c16-18-13-9-5-4-8-12(13)17-14(18)15(19)20-10-11-6-2-1-3-7-11/h1-9H,10H2. The number of carbonyl (C=O) groups excluding carboxylic acids is 1. The van der Waals surface area contributed by atoms with E-state index in [1.54, 1.807) is 2.78 Å². The third kappa shape index (κ3) is 2.53. The number of para-hydroxylation sites is 2. The van der Waals surface area contributed by atoms with Crippen molar-refractivity contribution in [2.45, 2.75) is 6.61 Å². The molecule has 20 heavy (non-hydrogen) atoms. The summed E-state index contributed by atoms with van der Waals surface area (Å²) in [6.07, 6.45) is 0. The molecule has 3 rings (SSSR count). The van der Waals surface area contributed by atoms with Gasteiger partial charge in [0.15, 0.2) is 0 Å². The van der Waals surface area contributed by atoms with Gasteiger partial charge in [0.05, 0.1) is 33.9 Å². The largest absolute Gasteiger partial charge is 0.455 e. The smallest absolute Gasteiger partial charge is 0.375 e. The molecular weight excluding hydrogens is 367 g/mol. The summed E-state index contributed by atoms with van der Waals surface area (Å²) in [6, 6.07) is 17.2. The summed E-state index contributed by atoms with van der Waals surface area (Å²) in [6.45, 7) is 0.250. The van der Waals surface area contributed by atoms with E-state index in [1.807, 2.05) is 54.6 Å². The molecule has 1 aromatic heterocycles. The molecule has 0 bridgehead atoms. The Hall–Kier alpha value is -1.89. The van der Waals surface area contributed by atoms with Crippen molar-refractivity contribution in [2.75, 3.05) is 0 Å². The molecule has 5 heteroatoms. The molecule has 0 spiro atoms. The van der Waals surface area contributed by atoms with Crippen LogP contribution < -0.4 is 0 Å². The quantitative estimate of drug-likeness (QED) is 0.517. The van der Waals surface area contributed by atoms with Crippen LogP contribution in [0.4, 0.5) is 0 Å². The van der Waals surface area contributed by atoms with Gasteiger partial charge in [-0.05, 0) is 17.7 Å². The predicted octanol–water partition coefficient (Wildman–Crippen LogP) is 3.59. The lowest BCUT2D eigenvalue weighted by Crippen LogP contribution is -2.09. The summed E-state index contributed by atoms with van der Waals surface area (Å²) < 4.78 is 7.02. The fraction of sp³-hybridized carbons (Fsp3) is 0.0667. The summed E-state index contributed by atoms with van der Waals surface area (Å²) in [7, 11) is 0. The maximum atomic E-state index is 12.1. The lowest BCUT2D eigenvalue weighted by Gasteiger charge is -2.03. The zero-order valence-corrected chi connectivity index (χ0v) is 12.6. The molecule has 0 radical (unpaired) electrons. The molecule has 100 valence electrons. The van der Waals surface area contributed by atoms with Crippen LogP contribution in [0.25, 0.3) is 11.0 Å². The van der Waals surface area contributed by atoms with Crippen molar-refractivity contribution in [3.8, 4) is 0 Å². The number of ether oxygens (including phenoxy) is 1. The molecule has 1 heterocycles. The first-order valence-electron chi connectivity index (χ1n) is 6.10. The number of halogens is 1. The molecular formula is C15H11IN2O2. The van der Waals surface area contributed by atoms with Gasteiger partial charge in [-0.25, -0.2) is 9.78 Å². The molecule has 0 saturated heterocycles. The Bertz CT molecular complexity index is 753. The van der Waals surface area contributed by atoms with E-state index in [0.717, 1.165) is 16.6 Å². The van der Waals surface area contributed by atoms with Crippen LogP contribution in [0.2, 0.25) is 0 Å². The van der Waals surface area contributed by atoms with E-state index < -0.39 is 5.97 Å². The second-order valence-electron chi connectivity index (χ2n) is 4.27. The van der Waals surface area contributed by atoms with Gasteiger partial charge in [-0.15, -0.1) is 0 Å². The minimum absolute atomic E-state index is 0.250. The number of carbonyl (C=O) groups is 1. The minimum Gasteiger partial charge on any atom is -0.455 e. The highest BCUT2D eigenvalue weighted by atomic mass is 127. The van der Waals surface area contributed by atoms with Crippen LogP contribution in [0, 0.1) is 0 Å². The van der Waals surface area contributed by atoms with Gasteiger partial charge in [0.1, 0.15) is 6.61 Å². The number of aromatic nitrogens is 2. The van der Waals surface area contributed by atoms with Crippen molar-refractivity contribution in [3.05, 3.63) is 66.0 Å². The molecule has 0 aliphatic heterocycles. The molecule has 2 aromatic carbocycles. The Morgan fingerprint density at radius 3 is 2.55 bits per heavy atom. The summed E-state index contributed by atoms with van der Waals surface area (Å²) in [5.74, 6) is -0.109. The lowest BCUT2D eigenvalue weighted by molar-refractivity contribution is 0.0459. The summed E-state index contributed by atoms with van der Waals surface area (Å²) in [5.41, 5.74) is 2.64. The number of rotatable bonds is 3. The van der Waals surface area contributed by atoms with Crippen molar-refractivity contribution in [1.29, 1.82) is 0 Å². The van der Waals surface area contributed by atoms with Gasteiger partial charge in [0.25, 0.3) is 0 Å². The lowest BCUT2D eigenvalue weighted by atomic mass is 10.2. The third-order valence-corrected chi connectivity index (χ3v) is 3.88. The van der Waals surface area contributed by atoms with Crippen molar-refractivity contribution < 1.29 is 9.53 Å². The molecule has 0 amide bonds. The summed E-state index contributed by atoms with van der Waals surface area (Å²) in [5, 5.41) is 0. The summed E-state index contributed by atoms with van der Waals surface area (Å²) >= 11 is 2.06. The number of benzene rings is 2. The number of hydrogen-bond donors (Lipinski definition) is 0. The van der Waals surface area contributed by atoms with Gasteiger partial charge < -0.3 is 4.74 Å². The molecule has 0 fully saturated rings. The molecule has 0 saturated carbocycles. The van der Waals surface area contributed by atoms with Crippen LogP contribution in [-0.2, 0) is 11.3 Å². The first kappa shape index (κ1) is 13.1. The van der Waals surface area contributed by atoms with E-state index in [1.165, 1.54) is 0 Å². The Morgan fingerprint density at radius 1 is 1.10 bits per heavy atom. The molecule has 0 N–H and O–H groups in total. The number of imidazole rings is 1. The van der Waals surface area contributed by atoms with Crippen molar-refractivity contribution >= 4 is 39.9 Å². The molecule has 0 aliphatic rings. The Morgan fingerprint density at radius 2 is 1.80 bits per heavy atom. The van der Waals surface area contributed by atoms with Crippen LogP contribution in [-0.4, -0.2) is 13.7 Å². The maximum Gasteiger partial charge on any atom is 0.375 e. The third-order valence-electron chi connectivity index (χ3n) is 2.90. The molecule has 0 unspecified atom stereocenters. The average molecular weight is 378 g/mol. The maximum absolute atomic E-state index is 12.1. The SMILES string of the molecule is O=C(OCc1ccccc1)c1nc2ccccc2n1I. The van der Waals surface area contributed by atoms with Crippen LogP contribution in [0.3, 0.4) is 0 Å². The Kier molecular flexibility index (Phi) is 3.68. The predicted molar refractivity (Wildman–Crippen MR) is 84.7 cm³/mol. The van der Waals surface area contributed by atoms with E-state index in [4.69, 9.17) is 4.74 Å². The highest BCUT2D eigenvalue weighted by Crippen LogP contribution is 2.19. The van der Waals surface area contributed by atoms with E-state index in [-0.39, 0.29) is 6.61 Å². The van der Waals surface area contributed by atoms with Crippen LogP contribution in [0.1, 0.15) is 16.2 Å². The molecule has 4 nitrogen and oxygen atoms in total. The van der Waals surface area contributed by atoms with Crippen LogP contribution in [0.5, 0.6) is 0 Å². The van der Waals surface area contributed by atoms with Crippen molar-refractivity contribution in [1.82, 2.24) is 7.76 Å². The molecule has 3 aromatic rings. The monoisotopic (exact) mass is 378 g/mol. The average Bonchev–Trinajstić information content (AvgIpc) is 2.84. The van der Waals surface area contributed by atoms with Gasteiger partial charge in [-0.1, -0.05) is 42.5 Å². The number of esters is 1. The fourth-order valence-corrected chi connectivity index (χ4v) is 2.62. The second kappa shape index (κ2) is 5.62. The highest BCUT2D eigenvalue weighted by Gasteiger charge is 2.17. The van der Waals surface area contributed by atoms with Gasteiger partial charge >= 0.3 is 5.97 Å². The van der Waals surface area contributed by atoms with Gasteiger partial charge in [-0.2, -0.15) is 0 Å². The number of hydrogen-bond acceptors (Lipinski definition) is 3. The number of fused-ring (bicyclic) bond motifs is 1. The van der Waals surface area contributed by atoms with Crippen LogP contribution >= 0.6 is 22.9 Å². The van der Waals surface area contributed by atoms with E-state index in [9.17, 15) is 4.79 Å². The van der Waals surface area contributed by atoms with Gasteiger partial charge in [0.2, 0.25) is 5.82 Å². The zero-order chi connectivity index (χ0) is 13.9. The van der Waals surface area contributed by atoms with Crippen molar-refractivity contribution in [2.24, 2.45) is 0 Å². The van der Waals surface area contributed by atoms with Crippen molar-refractivity contribution in [3.63, 3.8) is 0 Å². The Labute approximate surface area is 129 Å². The van der Waals surface area contributed by atoms with Gasteiger partial charge in [-0.3, -0.25) is 2.78 Å². The topological polar surface area (TPSA) is 44.1 Å². The van der Waals surface area contributed by atoms with Gasteiger partial charge in [0, 0.05) is 0 Å². The van der Waals surface area contributed by atoms with E-state index >= 15 is 0 Å². The van der Waals surface area contributed by atoms with E-state index in [0.29, 0.717) is 5.82 Å². The highest BCUT2D eigenvalue weighted by molar-refractivity contribution is 14.1. The van der Waals surface area contributed by atoms with E-state index in [2.05, 4.69) is 27.8 Å². The zero-order valence-electron chi connectivity index (χ0n) is 10.5. The normalized spacial score (nSPS) is 10.7. The molecule has 0 atom stereocenters. The Balaban J connectivity index is 1.81. The second-order valence-corrected chi connectivity index (χ2v) is 5.23. The molecule has 0 aliphatic carbocycles.